The summed E-state index contributed by atoms with van der Waals surface area (Å²) in [5, 5.41) is 17.1. The number of carbonyl (C=O) groups is 1. The number of aryl methyl sites for hydroxylation is 2. The largest absolute Gasteiger partial charge is 0.478 e. The first-order valence-electron chi connectivity index (χ1n) is 11.6. The van der Waals surface area contributed by atoms with Gasteiger partial charge in [-0.15, -0.1) is 0 Å². The van der Waals surface area contributed by atoms with Gasteiger partial charge in [0.15, 0.2) is 0 Å². The number of benzene rings is 2. The molecule has 0 bridgehead atoms. The highest BCUT2D eigenvalue weighted by Crippen LogP contribution is 2.41. The van der Waals surface area contributed by atoms with Crippen LogP contribution >= 0.6 is 0 Å². The molecule has 0 amide bonds. The van der Waals surface area contributed by atoms with Crippen molar-refractivity contribution >= 4 is 17.4 Å². The lowest BCUT2D eigenvalue weighted by atomic mass is 9.93. The van der Waals surface area contributed by atoms with Crippen LogP contribution in [0.1, 0.15) is 51.6 Å². The van der Waals surface area contributed by atoms with Gasteiger partial charge in [0.2, 0.25) is 0 Å². The maximum absolute atomic E-state index is 11.7. The van der Waals surface area contributed by atoms with Gasteiger partial charge in [-0.3, -0.25) is 9.67 Å². The number of fused-ring (bicyclic) bond motifs is 1. The third-order valence-corrected chi connectivity index (χ3v) is 6.24. The smallest absolute Gasteiger partial charge is 0.337 e. The highest BCUT2D eigenvalue weighted by atomic mass is 16.5. The summed E-state index contributed by atoms with van der Waals surface area (Å²) in [5.74, 6) is 0.320. The first-order chi connectivity index (χ1) is 17.3. The predicted molar refractivity (Wildman–Crippen MR) is 139 cm³/mol. The number of nitrogens with two attached hydrogens (primary N) is 1. The van der Waals surface area contributed by atoms with E-state index < -0.39 is 5.97 Å². The number of nitrogens with zero attached hydrogens (tertiary/aromatic N) is 3. The number of pyridine rings is 1. The monoisotopic (exact) mass is 481 g/mol. The van der Waals surface area contributed by atoms with Gasteiger partial charge in [0.1, 0.15) is 11.5 Å². The Morgan fingerprint density at radius 3 is 2.67 bits per heavy atom. The summed E-state index contributed by atoms with van der Waals surface area (Å²) in [6.45, 7) is 3.99. The van der Waals surface area contributed by atoms with Gasteiger partial charge < -0.3 is 20.9 Å². The summed E-state index contributed by atoms with van der Waals surface area (Å²) in [6, 6.07) is 14.2. The molecule has 0 saturated carbocycles. The van der Waals surface area contributed by atoms with Gasteiger partial charge in [-0.2, -0.15) is 5.10 Å². The number of ether oxygens (including phenoxy) is 1. The average molecular weight is 482 g/mol. The SMILES string of the molecule is Cc1cc2c(c(C(C)Nc3ccccc3C(=O)O)c1)OC(c1ccc(-c3cnn(C)c3)nc1)=CC2N. The van der Waals surface area contributed by atoms with Gasteiger partial charge in [-0.1, -0.05) is 29.8 Å². The van der Waals surface area contributed by atoms with Crippen LogP contribution in [0, 0.1) is 6.92 Å². The molecule has 0 fully saturated rings. The Labute approximate surface area is 209 Å². The Bertz CT molecular complexity index is 1470. The van der Waals surface area contributed by atoms with E-state index in [1.165, 1.54) is 0 Å². The zero-order chi connectivity index (χ0) is 25.4. The van der Waals surface area contributed by atoms with Crippen molar-refractivity contribution in [3.05, 3.63) is 101 Å². The number of aromatic carboxylic acids is 1. The Hall–Kier alpha value is -4.43. The first-order valence-corrected chi connectivity index (χ1v) is 11.6. The molecule has 2 unspecified atom stereocenters. The van der Waals surface area contributed by atoms with Crippen molar-refractivity contribution in [3.8, 4) is 17.0 Å². The summed E-state index contributed by atoms with van der Waals surface area (Å²) < 4.78 is 8.17. The number of anilines is 1. The fourth-order valence-corrected chi connectivity index (χ4v) is 4.44. The van der Waals surface area contributed by atoms with Gasteiger partial charge in [-0.05, 0) is 44.2 Å². The maximum atomic E-state index is 11.7. The highest BCUT2D eigenvalue weighted by molar-refractivity contribution is 5.94. The minimum Gasteiger partial charge on any atom is -0.478 e. The highest BCUT2D eigenvalue weighted by Gasteiger charge is 2.26. The molecule has 4 aromatic rings. The summed E-state index contributed by atoms with van der Waals surface area (Å²) >= 11 is 0. The summed E-state index contributed by atoms with van der Waals surface area (Å²) in [4.78, 5) is 16.3. The lowest BCUT2D eigenvalue weighted by Gasteiger charge is -2.28. The van der Waals surface area contributed by atoms with Crippen molar-refractivity contribution in [1.82, 2.24) is 14.8 Å². The van der Waals surface area contributed by atoms with E-state index in [0.29, 0.717) is 17.2 Å². The van der Waals surface area contributed by atoms with E-state index in [2.05, 4.69) is 15.4 Å². The topological polar surface area (TPSA) is 115 Å². The molecule has 8 nitrogen and oxygen atoms in total. The molecule has 0 radical (unpaired) electrons. The molecule has 1 aliphatic heterocycles. The molecule has 0 spiro atoms. The van der Waals surface area contributed by atoms with Crippen molar-refractivity contribution in [1.29, 1.82) is 0 Å². The van der Waals surface area contributed by atoms with Crippen LogP contribution in [0.3, 0.4) is 0 Å². The predicted octanol–water partition coefficient (Wildman–Crippen LogP) is 5.10. The summed E-state index contributed by atoms with van der Waals surface area (Å²) in [5.41, 5.74) is 12.7. The fraction of sp³-hybridized carbons (Fsp3) is 0.179. The second-order valence-corrected chi connectivity index (χ2v) is 8.98. The van der Waals surface area contributed by atoms with Crippen molar-refractivity contribution < 1.29 is 14.6 Å². The molecule has 0 aliphatic carbocycles. The molecule has 4 N–H and O–H groups in total. The molecule has 2 aromatic carbocycles. The van der Waals surface area contributed by atoms with Gasteiger partial charge in [0.25, 0.3) is 0 Å². The average Bonchev–Trinajstić information content (AvgIpc) is 3.30. The molecule has 8 heteroatoms. The molecule has 3 heterocycles. The standard InChI is InChI=1S/C28H27N5O3/c1-16-10-21(17(2)32-25-7-5-4-6-20(25)28(34)35)27-22(11-16)23(29)12-26(36-27)18-8-9-24(30-13-18)19-14-31-33(3)15-19/h4-15,17,23,32H,29H2,1-3H3,(H,34,35). The fourth-order valence-electron chi connectivity index (χ4n) is 4.44. The van der Waals surface area contributed by atoms with Crippen LogP contribution in [-0.2, 0) is 7.05 Å². The van der Waals surface area contributed by atoms with Gasteiger partial charge in [0, 0.05) is 47.4 Å². The van der Waals surface area contributed by atoms with Crippen molar-refractivity contribution in [2.45, 2.75) is 25.9 Å². The van der Waals surface area contributed by atoms with Crippen LogP contribution in [0.15, 0.2) is 73.2 Å². The van der Waals surface area contributed by atoms with Crippen LogP contribution < -0.4 is 15.8 Å². The number of aromatic nitrogens is 3. The number of carboxylic acid groups (broad SMARTS) is 1. The van der Waals surface area contributed by atoms with E-state index >= 15 is 0 Å². The molecular weight excluding hydrogens is 454 g/mol. The number of hydrogen-bond acceptors (Lipinski definition) is 6. The minimum atomic E-state index is -0.984. The summed E-state index contributed by atoms with van der Waals surface area (Å²) in [6.07, 6.45) is 7.35. The van der Waals surface area contributed by atoms with E-state index in [1.54, 1.807) is 35.3 Å². The number of para-hydroxylation sites is 1. The molecule has 2 atom stereocenters. The zero-order valence-corrected chi connectivity index (χ0v) is 20.3. The van der Waals surface area contributed by atoms with Crippen LogP contribution in [0.2, 0.25) is 0 Å². The molecule has 5 rings (SSSR count). The molecule has 1 aliphatic rings. The lowest BCUT2D eigenvalue weighted by Crippen LogP contribution is -2.19. The maximum Gasteiger partial charge on any atom is 0.337 e. The van der Waals surface area contributed by atoms with E-state index in [9.17, 15) is 9.90 Å². The molecule has 182 valence electrons. The third-order valence-electron chi connectivity index (χ3n) is 6.24. The Morgan fingerprint density at radius 1 is 1.17 bits per heavy atom. The van der Waals surface area contributed by atoms with Crippen LogP contribution in [0.4, 0.5) is 5.69 Å². The molecule has 36 heavy (non-hydrogen) atoms. The molecule has 2 aromatic heterocycles. The number of hydrogen-bond donors (Lipinski definition) is 3. The number of rotatable bonds is 6. The van der Waals surface area contributed by atoms with Crippen LogP contribution in [0.5, 0.6) is 5.75 Å². The Balaban J connectivity index is 1.46. The quantitative estimate of drug-likeness (QED) is 0.351. The van der Waals surface area contributed by atoms with E-state index in [1.807, 2.05) is 63.5 Å². The van der Waals surface area contributed by atoms with Crippen molar-refractivity contribution in [2.75, 3.05) is 5.32 Å². The molecule has 0 saturated heterocycles. The zero-order valence-electron chi connectivity index (χ0n) is 20.3. The van der Waals surface area contributed by atoms with Crippen molar-refractivity contribution in [2.24, 2.45) is 12.8 Å². The van der Waals surface area contributed by atoms with E-state index in [-0.39, 0.29) is 17.6 Å². The van der Waals surface area contributed by atoms with Gasteiger partial charge in [0.05, 0.1) is 29.5 Å². The van der Waals surface area contributed by atoms with Crippen LogP contribution in [0.25, 0.3) is 17.0 Å². The minimum absolute atomic E-state index is 0.212. The van der Waals surface area contributed by atoms with Crippen molar-refractivity contribution in [3.63, 3.8) is 0 Å². The third kappa shape index (κ3) is 4.46. The Morgan fingerprint density at radius 2 is 1.97 bits per heavy atom. The number of carboxylic acids is 1. The van der Waals surface area contributed by atoms with Crippen LogP contribution in [-0.4, -0.2) is 25.8 Å². The second kappa shape index (κ2) is 9.31. The van der Waals surface area contributed by atoms with E-state index in [4.69, 9.17) is 10.5 Å². The van der Waals surface area contributed by atoms with Gasteiger partial charge in [-0.25, -0.2) is 4.79 Å². The molecular formula is C28H27N5O3. The normalized spacial score (nSPS) is 15.4. The summed E-state index contributed by atoms with van der Waals surface area (Å²) in [7, 11) is 1.87. The number of nitrogens with one attached hydrogen (secondary N) is 1. The first kappa shape index (κ1) is 23.3. The lowest BCUT2D eigenvalue weighted by molar-refractivity contribution is 0.0698. The second-order valence-electron chi connectivity index (χ2n) is 8.98. The Kier molecular flexibility index (Phi) is 6.03. The van der Waals surface area contributed by atoms with E-state index in [0.717, 1.165) is 33.5 Å². The van der Waals surface area contributed by atoms with Gasteiger partial charge >= 0.3 is 5.97 Å².